The second-order valence-electron chi connectivity index (χ2n) is 5.01. The molecule has 0 aliphatic rings. The van der Waals surface area contributed by atoms with Crippen molar-refractivity contribution in [3.05, 3.63) is 70.5 Å². The molecule has 0 fully saturated rings. The van der Waals surface area contributed by atoms with Crippen molar-refractivity contribution in [2.75, 3.05) is 0 Å². The fourth-order valence-electron chi connectivity index (χ4n) is 2.26. The summed E-state index contributed by atoms with van der Waals surface area (Å²) in [6.45, 7) is 1.90. The summed E-state index contributed by atoms with van der Waals surface area (Å²) in [7, 11) is 0. The second kappa shape index (κ2) is 5.85. The van der Waals surface area contributed by atoms with Gasteiger partial charge in [0.25, 0.3) is 0 Å². The Bertz CT molecular complexity index is 634. The van der Waals surface area contributed by atoms with Gasteiger partial charge in [-0.05, 0) is 25.0 Å². The Morgan fingerprint density at radius 3 is 2.38 bits per heavy atom. The van der Waals surface area contributed by atoms with Crippen LogP contribution in [0.25, 0.3) is 0 Å². The molecule has 0 radical (unpaired) electrons. The molecular weight excluding hydrogens is 282 g/mol. The van der Waals surface area contributed by atoms with E-state index in [4.69, 9.17) is 5.73 Å². The molecular formula is C16H15F4N. The fourth-order valence-corrected chi connectivity index (χ4v) is 2.26. The topological polar surface area (TPSA) is 26.0 Å². The van der Waals surface area contributed by atoms with Gasteiger partial charge in [0.15, 0.2) is 0 Å². The Morgan fingerprint density at radius 1 is 1.10 bits per heavy atom. The van der Waals surface area contributed by atoms with Crippen LogP contribution in [0.15, 0.2) is 42.5 Å². The molecule has 2 aromatic rings. The van der Waals surface area contributed by atoms with E-state index in [1.165, 1.54) is 12.1 Å². The van der Waals surface area contributed by atoms with Crippen LogP contribution in [-0.4, -0.2) is 0 Å². The predicted molar refractivity (Wildman–Crippen MR) is 73.2 cm³/mol. The molecule has 0 amide bonds. The molecule has 0 aliphatic heterocycles. The van der Waals surface area contributed by atoms with E-state index >= 15 is 0 Å². The highest BCUT2D eigenvalue weighted by molar-refractivity contribution is 5.32. The zero-order valence-corrected chi connectivity index (χ0v) is 11.4. The predicted octanol–water partition coefficient (Wildman–Crippen LogP) is 4.40. The van der Waals surface area contributed by atoms with Crippen molar-refractivity contribution in [3.63, 3.8) is 0 Å². The van der Waals surface area contributed by atoms with Gasteiger partial charge in [0.2, 0.25) is 0 Å². The minimum absolute atomic E-state index is 0.119. The van der Waals surface area contributed by atoms with E-state index in [9.17, 15) is 17.6 Å². The van der Waals surface area contributed by atoms with Crippen LogP contribution >= 0.6 is 0 Å². The maximum Gasteiger partial charge on any atom is 0.419 e. The van der Waals surface area contributed by atoms with Crippen LogP contribution < -0.4 is 5.73 Å². The summed E-state index contributed by atoms with van der Waals surface area (Å²) in [5, 5.41) is 0. The Labute approximate surface area is 120 Å². The van der Waals surface area contributed by atoms with E-state index in [-0.39, 0.29) is 12.0 Å². The summed E-state index contributed by atoms with van der Waals surface area (Å²) in [5.74, 6) is -1.29. The summed E-state index contributed by atoms with van der Waals surface area (Å²) >= 11 is 0. The third kappa shape index (κ3) is 3.61. The molecule has 1 unspecified atom stereocenters. The number of rotatable bonds is 3. The monoisotopic (exact) mass is 297 g/mol. The van der Waals surface area contributed by atoms with Gasteiger partial charge < -0.3 is 5.73 Å². The highest BCUT2D eigenvalue weighted by Gasteiger charge is 2.35. The largest absolute Gasteiger partial charge is 0.419 e. The Hall–Kier alpha value is -1.88. The van der Waals surface area contributed by atoms with Crippen LogP contribution in [-0.2, 0) is 12.6 Å². The molecule has 0 heterocycles. The van der Waals surface area contributed by atoms with Crippen LogP contribution in [0.5, 0.6) is 0 Å². The number of hydrogen-bond acceptors (Lipinski definition) is 1. The first-order chi connectivity index (χ1) is 9.79. The van der Waals surface area contributed by atoms with Gasteiger partial charge in [-0.1, -0.05) is 42.0 Å². The first kappa shape index (κ1) is 15.5. The number of alkyl halides is 3. The molecule has 0 saturated heterocycles. The van der Waals surface area contributed by atoms with E-state index in [2.05, 4.69) is 0 Å². The van der Waals surface area contributed by atoms with Crippen LogP contribution in [0, 0.1) is 12.7 Å². The standard InChI is InChI=1S/C16H15F4N/c1-10-4-2-5-11(8-10)9-14(21)12-6-3-7-13(15(12)17)16(18,19)20/h2-8,14H,9,21H2,1H3. The number of aryl methyl sites for hydroxylation is 1. The zero-order chi connectivity index (χ0) is 15.6. The van der Waals surface area contributed by atoms with Gasteiger partial charge in [0.05, 0.1) is 5.56 Å². The van der Waals surface area contributed by atoms with Gasteiger partial charge >= 0.3 is 6.18 Å². The highest BCUT2D eigenvalue weighted by atomic mass is 19.4. The maximum atomic E-state index is 14.0. The van der Waals surface area contributed by atoms with Crippen molar-refractivity contribution in [2.24, 2.45) is 5.73 Å². The second-order valence-corrected chi connectivity index (χ2v) is 5.01. The third-order valence-corrected chi connectivity index (χ3v) is 3.27. The van der Waals surface area contributed by atoms with Crippen molar-refractivity contribution in [1.29, 1.82) is 0 Å². The lowest BCUT2D eigenvalue weighted by Gasteiger charge is -2.16. The highest BCUT2D eigenvalue weighted by Crippen LogP contribution is 2.34. The number of benzene rings is 2. The van der Waals surface area contributed by atoms with E-state index in [0.29, 0.717) is 0 Å². The van der Waals surface area contributed by atoms with Crippen LogP contribution in [0.2, 0.25) is 0 Å². The molecule has 0 spiro atoms. The molecule has 0 bridgehead atoms. The first-order valence-corrected chi connectivity index (χ1v) is 6.46. The van der Waals surface area contributed by atoms with Crippen molar-refractivity contribution < 1.29 is 17.6 Å². The zero-order valence-electron chi connectivity index (χ0n) is 11.4. The summed E-state index contributed by atoms with van der Waals surface area (Å²) < 4.78 is 52.1. The lowest BCUT2D eigenvalue weighted by molar-refractivity contribution is -0.140. The molecule has 0 saturated carbocycles. The van der Waals surface area contributed by atoms with E-state index in [0.717, 1.165) is 17.2 Å². The van der Waals surface area contributed by atoms with Gasteiger partial charge in [-0.2, -0.15) is 13.2 Å². The third-order valence-electron chi connectivity index (χ3n) is 3.27. The fraction of sp³-hybridized carbons (Fsp3) is 0.250. The lowest BCUT2D eigenvalue weighted by Crippen LogP contribution is -2.18. The molecule has 0 aromatic heterocycles. The number of halogens is 4. The number of hydrogen-bond donors (Lipinski definition) is 1. The van der Waals surface area contributed by atoms with Crippen molar-refractivity contribution in [2.45, 2.75) is 25.6 Å². The molecule has 1 atom stereocenters. The molecule has 2 N–H and O–H groups in total. The summed E-state index contributed by atoms with van der Waals surface area (Å²) in [5.41, 5.74) is 6.36. The molecule has 5 heteroatoms. The average molecular weight is 297 g/mol. The van der Waals surface area contributed by atoms with Gasteiger partial charge in [-0.3, -0.25) is 0 Å². The van der Waals surface area contributed by atoms with Crippen molar-refractivity contribution in [3.8, 4) is 0 Å². The summed E-state index contributed by atoms with van der Waals surface area (Å²) in [6.07, 6.45) is -4.44. The summed E-state index contributed by atoms with van der Waals surface area (Å²) in [6, 6.07) is 9.80. The maximum absolute atomic E-state index is 14.0. The van der Waals surface area contributed by atoms with Crippen molar-refractivity contribution in [1.82, 2.24) is 0 Å². The Kier molecular flexibility index (Phi) is 4.32. The molecule has 112 valence electrons. The lowest BCUT2D eigenvalue weighted by atomic mass is 9.96. The first-order valence-electron chi connectivity index (χ1n) is 6.46. The quantitative estimate of drug-likeness (QED) is 0.835. The number of nitrogens with two attached hydrogens (primary N) is 1. The molecule has 21 heavy (non-hydrogen) atoms. The van der Waals surface area contributed by atoms with E-state index in [1.54, 1.807) is 0 Å². The average Bonchev–Trinajstić information content (AvgIpc) is 2.37. The minimum Gasteiger partial charge on any atom is -0.324 e. The normalized spacial score (nSPS) is 13.2. The van der Waals surface area contributed by atoms with Gasteiger partial charge in [-0.15, -0.1) is 0 Å². The molecule has 2 aromatic carbocycles. The van der Waals surface area contributed by atoms with Crippen LogP contribution in [0.1, 0.15) is 28.3 Å². The van der Waals surface area contributed by atoms with E-state index in [1.807, 2.05) is 31.2 Å². The smallest absolute Gasteiger partial charge is 0.324 e. The Morgan fingerprint density at radius 2 is 1.76 bits per heavy atom. The van der Waals surface area contributed by atoms with Gasteiger partial charge in [-0.25, -0.2) is 4.39 Å². The molecule has 1 nitrogen and oxygen atoms in total. The van der Waals surface area contributed by atoms with Crippen LogP contribution in [0.3, 0.4) is 0 Å². The van der Waals surface area contributed by atoms with Crippen LogP contribution in [0.4, 0.5) is 17.6 Å². The minimum atomic E-state index is -4.72. The molecule has 0 aliphatic carbocycles. The van der Waals surface area contributed by atoms with E-state index < -0.39 is 23.6 Å². The SMILES string of the molecule is Cc1cccc(CC(N)c2cccc(C(F)(F)F)c2F)c1. The summed E-state index contributed by atoms with van der Waals surface area (Å²) in [4.78, 5) is 0. The Balaban J connectivity index is 2.30. The van der Waals surface area contributed by atoms with Gasteiger partial charge in [0.1, 0.15) is 5.82 Å². The van der Waals surface area contributed by atoms with Crippen molar-refractivity contribution >= 4 is 0 Å². The molecule has 2 rings (SSSR count). The van der Waals surface area contributed by atoms with Gasteiger partial charge in [0, 0.05) is 11.6 Å².